The zero-order valence-corrected chi connectivity index (χ0v) is 13.9. The number of nitro groups is 1. The zero-order chi connectivity index (χ0) is 16.6. The van der Waals surface area contributed by atoms with Crippen LogP contribution in [0, 0.1) is 16.0 Å². The lowest BCUT2D eigenvalue weighted by atomic mass is 10.00. The summed E-state index contributed by atoms with van der Waals surface area (Å²) in [7, 11) is -3.48. The minimum absolute atomic E-state index is 0.0953. The van der Waals surface area contributed by atoms with Crippen LogP contribution in [-0.2, 0) is 15.8 Å². The molecule has 0 heterocycles. The molecule has 0 unspecified atom stereocenters. The van der Waals surface area contributed by atoms with Crippen molar-refractivity contribution < 1.29 is 13.3 Å². The van der Waals surface area contributed by atoms with Gasteiger partial charge in [0.15, 0.2) is 0 Å². The highest BCUT2D eigenvalue weighted by Crippen LogP contribution is 2.16. The standard InChI is InChI=1S/C15H24N2O4S/c1-3-5-7-13(4-2)11-16-22(20,21)12-14-8-6-9-15(10-14)17(18)19/h6,8-10,13,16H,3-5,7,11-12H2,1-2H3/t13-/m1/s1. The van der Waals surface area contributed by atoms with Gasteiger partial charge >= 0.3 is 0 Å². The third kappa shape index (κ3) is 6.53. The maximum atomic E-state index is 12.1. The normalized spacial score (nSPS) is 13.0. The SMILES string of the molecule is CCCC[C@@H](CC)CNS(=O)(=O)Cc1cccc([N+](=O)[O-])c1. The minimum Gasteiger partial charge on any atom is -0.258 e. The van der Waals surface area contributed by atoms with Crippen LogP contribution in [0.3, 0.4) is 0 Å². The van der Waals surface area contributed by atoms with Crippen molar-refractivity contribution >= 4 is 15.7 Å². The Bertz CT molecular complexity index is 587. The molecule has 6 nitrogen and oxygen atoms in total. The summed E-state index contributed by atoms with van der Waals surface area (Å²) >= 11 is 0. The molecule has 22 heavy (non-hydrogen) atoms. The average Bonchev–Trinajstić information content (AvgIpc) is 2.47. The number of sulfonamides is 1. The first kappa shape index (κ1) is 18.6. The topological polar surface area (TPSA) is 89.3 Å². The van der Waals surface area contributed by atoms with E-state index in [1.54, 1.807) is 6.07 Å². The zero-order valence-electron chi connectivity index (χ0n) is 13.1. The highest BCUT2D eigenvalue weighted by molar-refractivity contribution is 7.88. The van der Waals surface area contributed by atoms with Crippen LogP contribution in [0.2, 0.25) is 0 Å². The van der Waals surface area contributed by atoms with E-state index in [0.717, 1.165) is 25.7 Å². The smallest absolute Gasteiger partial charge is 0.258 e. The minimum atomic E-state index is -3.48. The fourth-order valence-electron chi connectivity index (χ4n) is 2.22. The van der Waals surface area contributed by atoms with Crippen LogP contribution in [-0.4, -0.2) is 19.9 Å². The molecule has 0 saturated heterocycles. The summed E-state index contributed by atoms with van der Waals surface area (Å²) in [5.41, 5.74) is 0.324. The molecule has 124 valence electrons. The van der Waals surface area contributed by atoms with E-state index in [-0.39, 0.29) is 11.4 Å². The molecule has 0 bridgehead atoms. The molecule has 0 aliphatic carbocycles. The number of hydrogen-bond acceptors (Lipinski definition) is 4. The fraction of sp³-hybridized carbons (Fsp3) is 0.600. The van der Waals surface area contributed by atoms with E-state index < -0.39 is 14.9 Å². The lowest BCUT2D eigenvalue weighted by Gasteiger charge is -2.15. The van der Waals surface area contributed by atoms with Crippen LogP contribution in [0.4, 0.5) is 5.69 Å². The molecule has 0 aliphatic rings. The maximum absolute atomic E-state index is 12.1. The summed E-state index contributed by atoms with van der Waals surface area (Å²) in [5.74, 6) is 0.0960. The van der Waals surface area contributed by atoms with Crippen molar-refractivity contribution in [2.75, 3.05) is 6.54 Å². The van der Waals surface area contributed by atoms with Gasteiger partial charge in [-0.15, -0.1) is 0 Å². The fourth-order valence-corrected chi connectivity index (χ4v) is 3.43. The van der Waals surface area contributed by atoms with Gasteiger partial charge in [0, 0.05) is 18.7 Å². The predicted octanol–water partition coefficient (Wildman–Crippen LogP) is 3.23. The largest absolute Gasteiger partial charge is 0.269 e. The highest BCUT2D eigenvalue weighted by atomic mass is 32.2. The van der Waals surface area contributed by atoms with Gasteiger partial charge in [-0.1, -0.05) is 45.2 Å². The van der Waals surface area contributed by atoms with E-state index >= 15 is 0 Å². The van der Waals surface area contributed by atoms with Gasteiger partial charge < -0.3 is 0 Å². The molecule has 0 fully saturated rings. The van der Waals surface area contributed by atoms with Crippen LogP contribution >= 0.6 is 0 Å². The summed E-state index contributed by atoms with van der Waals surface area (Å²) in [4.78, 5) is 10.2. The lowest BCUT2D eigenvalue weighted by molar-refractivity contribution is -0.384. The van der Waals surface area contributed by atoms with Gasteiger partial charge in [0.2, 0.25) is 10.0 Å². The number of nitrogens with zero attached hydrogens (tertiary/aromatic N) is 1. The van der Waals surface area contributed by atoms with Crippen LogP contribution in [0.1, 0.15) is 45.1 Å². The molecule has 1 N–H and O–H groups in total. The van der Waals surface area contributed by atoms with Crippen molar-refractivity contribution in [3.63, 3.8) is 0 Å². The summed E-state index contributed by atoms with van der Waals surface area (Å²) in [6.07, 6.45) is 4.12. The van der Waals surface area contributed by atoms with Crippen LogP contribution in [0.15, 0.2) is 24.3 Å². The Balaban J connectivity index is 2.63. The number of non-ortho nitro benzene ring substituents is 1. The molecule has 1 aromatic rings. The monoisotopic (exact) mass is 328 g/mol. The first-order valence-electron chi connectivity index (χ1n) is 7.58. The van der Waals surface area contributed by atoms with E-state index in [9.17, 15) is 18.5 Å². The second kappa shape index (κ2) is 8.85. The van der Waals surface area contributed by atoms with E-state index in [1.807, 2.05) is 0 Å². The molecule has 0 spiro atoms. The molecule has 0 radical (unpaired) electrons. The quantitative estimate of drug-likeness (QED) is 0.527. The molecule has 0 saturated carbocycles. The van der Waals surface area contributed by atoms with Gasteiger partial charge in [0.05, 0.1) is 10.7 Å². The first-order chi connectivity index (χ1) is 10.4. The number of nitrogens with one attached hydrogen (secondary N) is 1. The molecule has 0 amide bonds. The number of benzene rings is 1. The van der Waals surface area contributed by atoms with Gasteiger partial charge in [-0.3, -0.25) is 10.1 Å². The van der Waals surface area contributed by atoms with E-state index in [0.29, 0.717) is 18.0 Å². The summed E-state index contributed by atoms with van der Waals surface area (Å²) in [6, 6.07) is 5.73. The lowest BCUT2D eigenvalue weighted by Crippen LogP contribution is -2.30. The second-order valence-corrected chi connectivity index (χ2v) is 7.26. The molecule has 7 heteroatoms. The maximum Gasteiger partial charge on any atom is 0.269 e. The summed E-state index contributed by atoms with van der Waals surface area (Å²) in [5, 5.41) is 10.7. The van der Waals surface area contributed by atoms with Crippen molar-refractivity contribution in [2.24, 2.45) is 5.92 Å². The molecule has 0 aliphatic heterocycles. The van der Waals surface area contributed by atoms with Crippen molar-refractivity contribution in [3.05, 3.63) is 39.9 Å². The van der Waals surface area contributed by atoms with Gasteiger partial charge in [-0.25, -0.2) is 13.1 Å². The molecule has 1 atom stereocenters. The van der Waals surface area contributed by atoms with E-state index in [2.05, 4.69) is 18.6 Å². The number of hydrogen-bond donors (Lipinski definition) is 1. The highest BCUT2D eigenvalue weighted by Gasteiger charge is 2.16. The van der Waals surface area contributed by atoms with Crippen molar-refractivity contribution in [1.82, 2.24) is 4.72 Å². The first-order valence-corrected chi connectivity index (χ1v) is 9.23. The Labute approximate surface area is 132 Å². The van der Waals surface area contributed by atoms with Gasteiger partial charge in [0.25, 0.3) is 5.69 Å². The Morgan fingerprint density at radius 1 is 1.32 bits per heavy atom. The van der Waals surface area contributed by atoms with Gasteiger partial charge in [-0.2, -0.15) is 0 Å². The van der Waals surface area contributed by atoms with Gasteiger partial charge in [-0.05, 0) is 17.9 Å². The summed E-state index contributed by atoms with van der Waals surface area (Å²) in [6.45, 7) is 4.59. The van der Waals surface area contributed by atoms with Crippen molar-refractivity contribution in [3.8, 4) is 0 Å². The van der Waals surface area contributed by atoms with Crippen LogP contribution in [0.5, 0.6) is 0 Å². The number of nitro benzene ring substituents is 1. The van der Waals surface area contributed by atoms with Crippen LogP contribution < -0.4 is 4.72 Å². The second-order valence-electron chi connectivity index (χ2n) is 5.45. The average molecular weight is 328 g/mol. The molecule has 1 aromatic carbocycles. The van der Waals surface area contributed by atoms with Gasteiger partial charge in [0.1, 0.15) is 0 Å². The summed E-state index contributed by atoms with van der Waals surface area (Å²) < 4.78 is 26.8. The van der Waals surface area contributed by atoms with Crippen molar-refractivity contribution in [1.29, 1.82) is 0 Å². The van der Waals surface area contributed by atoms with Crippen LogP contribution in [0.25, 0.3) is 0 Å². The Kier molecular flexibility index (Phi) is 7.47. The van der Waals surface area contributed by atoms with Crippen molar-refractivity contribution in [2.45, 2.75) is 45.3 Å². The molecular weight excluding hydrogens is 304 g/mol. The molecular formula is C15H24N2O4S. The Morgan fingerprint density at radius 2 is 2.05 bits per heavy atom. The number of rotatable bonds is 10. The Hall–Kier alpha value is -1.47. The Morgan fingerprint density at radius 3 is 2.64 bits per heavy atom. The predicted molar refractivity (Wildman–Crippen MR) is 87.0 cm³/mol. The van der Waals surface area contributed by atoms with E-state index in [1.165, 1.54) is 18.2 Å². The molecule has 1 rings (SSSR count). The molecule has 0 aromatic heterocycles. The number of unbranched alkanes of at least 4 members (excludes halogenated alkanes) is 1. The third-order valence-corrected chi connectivity index (χ3v) is 4.93. The third-order valence-electron chi connectivity index (χ3n) is 3.61. The van der Waals surface area contributed by atoms with E-state index in [4.69, 9.17) is 0 Å².